The lowest BCUT2D eigenvalue weighted by Gasteiger charge is -2.51. The molecule has 4 fully saturated rings. The summed E-state index contributed by atoms with van der Waals surface area (Å²) in [5, 5.41) is 9.80. The quantitative estimate of drug-likeness (QED) is 0.144. The van der Waals surface area contributed by atoms with Gasteiger partial charge in [-0.3, -0.25) is 0 Å². The molecule has 24 rings (SSSR count). The van der Waals surface area contributed by atoms with Crippen LogP contribution in [0.15, 0.2) is 308 Å². The van der Waals surface area contributed by atoms with Gasteiger partial charge in [0, 0.05) is 60.8 Å². The lowest BCUT2D eigenvalue weighted by atomic mass is 9.53. The zero-order chi connectivity index (χ0) is 66.7. The summed E-state index contributed by atoms with van der Waals surface area (Å²) in [6, 6.07) is 117. The zero-order valence-corrected chi connectivity index (χ0v) is 57.2. The van der Waals surface area contributed by atoms with Crippen LogP contribution in [0, 0.1) is 17.8 Å². The van der Waals surface area contributed by atoms with Crippen LogP contribution in [0.2, 0.25) is 0 Å². The first-order chi connectivity index (χ1) is 50.4. The van der Waals surface area contributed by atoms with E-state index in [0.717, 1.165) is 52.3 Å². The molecule has 0 saturated heterocycles. The van der Waals surface area contributed by atoms with Crippen molar-refractivity contribution in [1.82, 2.24) is 4.57 Å². The third kappa shape index (κ3) is 9.27. The van der Waals surface area contributed by atoms with E-state index < -0.39 is 0 Å². The van der Waals surface area contributed by atoms with Gasteiger partial charge >= 0.3 is 0 Å². The van der Waals surface area contributed by atoms with Gasteiger partial charge in [0.05, 0.1) is 22.4 Å². The summed E-state index contributed by atoms with van der Waals surface area (Å²) in [7, 11) is 0. The first kappa shape index (κ1) is 58.6. The minimum atomic E-state index is -0.0497. The fourth-order valence-electron chi connectivity index (χ4n) is 21.6. The van der Waals surface area contributed by atoms with Crippen LogP contribution in [0.25, 0.3) is 104 Å². The molecule has 2 aromatic heterocycles. The minimum Gasteiger partial charge on any atom is -0.456 e. The van der Waals surface area contributed by atoms with Crippen LogP contribution in [0.4, 0.5) is 34.1 Å². The Bertz CT molecular complexity index is 6060. The van der Waals surface area contributed by atoms with E-state index in [1.54, 1.807) is 5.56 Å². The van der Waals surface area contributed by atoms with Crippen LogP contribution >= 0.6 is 0 Å². The zero-order valence-electron chi connectivity index (χ0n) is 57.2. The standard InChI is InChI=1S/C98H77N3O/c1-3-24-80-65(16-1)18-13-31-92(80)99(73-37-34-64(35-38-73)67-36-45-97-91(53-67)88-29-10-12-33-96(88)102-97)75-39-43-85-83-27-8-6-23-79(83)70-51-63-52-71(90(85)56-75)60-98(58-63,59-70)72-20-15-21-74(54-72)101-94-30-11-9-28-86(94)87-44-41-77(57-95(87)101)100(93-32-14-19-66-17-2-4-25-81(66)93)76-40-42-84-82-26-7-5-22-78(82)68-47-61-46-62(48-68)50-69(49-61)89(84)55-76/h1-45,53-57,61-63,68-71H,46-52,58-60H2. The van der Waals surface area contributed by atoms with Crippen LogP contribution in [0.1, 0.15) is 116 Å². The van der Waals surface area contributed by atoms with Crippen LogP contribution in [-0.2, 0) is 5.41 Å². The van der Waals surface area contributed by atoms with Gasteiger partial charge in [-0.05, 0) is 280 Å². The predicted octanol–water partition coefficient (Wildman–Crippen LogP) is 27.0. The summed E-state index contributed by atoms with van der Waals surface area (Å²) >= 11 is 0. The number of benzene rings is 14. The maximum absolute atomic E-state index is 6.28. The van der Waals surface area contributed by atoms with Gasteiger partial charge in [-0.15, -0.1) is 0 Å². The van der Waals surface area contributed by atoms with Gasteiger partial charge in [0.2, 0.25) is 0 Å². The number of nitrogens with zero attached hydrogens (tertiary/aromatic N) is 3. The number of fused-ring (bicyclic) bond motifs is 8. The van der Waals surface area contributed by atoms with E-state index in [0.29, 0.717) is 29.6 Å². The summed E-state index contributed by atoms with van der Waals surface area (Å²) in [5.41, 5.74) is 28.2. The molecule has 0 radical (unpaired) electrons. The van der Waals surface area contributed by atoms with Crippen LogP contribution < -0.4 is 9.80 Å². The molecule has 0 spiro atoms. The Morgan fingerprint density at radius 2 is 0.784 bits per heavy atom. The van der Waals surface area contributed by atoms with Gasteiger partial charge in [-0.25, -0.2) is 0 Å². The summed E-state index contributed by atoms with van der Waals surface area (Å²) in [4.78, 5) is 5.14. The second-order valence-corrected chi connectivity index (χ2v) is 31.3. The summed E-state index contributed by atoms with van der Waals surface area (Å²) < 4.78 is 8.89. The molecule has 8 bridgehead atoms. The van der Waals surface area contributed by atoms with Crippen LogP contribution in [-0.4, -0.2) is 4.57 Å². The van der Waals surface area contributed by atoms with E-state index in [-0.39, 0.29) is 5.41 Å². The van der Waals surface area contributed by atoms with Gasteiger partial charge < -0.3 is 18.8 Å². The van der Waals surface area contributed by atoms with Gasteiger partial charge in [0.1, 0.15) is 11.2 Å². The van der Waals surface area contributed by atoms with Crippen molar-refractivity contribution in [1.29, 1.82) is 0 Å². The van der Waals surface area contributed by atoms with Crippen molar-refractivity contribution >= 4 is 99.4 Å². The Balaban J connectivity index is 0.675. The van der Waals surface area contributed by atoms with Crippen molar-refractivity contribution in [2.24, 2.45) is 17.8 Å². The highest BCUT2D eigenvalue weighted by atomic mass is 16.3. The molecule has 4 heteroatoms. The molecule has 14 aromatic carbocycles. The SMILES string of the molecule is c1cc(-n2c3ccccc3c3ccc(N(c4ccc5c(c4)C4CC6CC(CC(C6)c6ccccc6-5)C4)c4cccc5ccccc45)cc32)cc(C23CC4CC(C2)c2ccccc2-c2ccc(N(c5ccc(-c6ccc7oc8ccccc8c7c6)cc5)c5cccc6ccccc56)cc2C(C4)C3)c1. The minimum absolute atomic E-state index is 0.0497. The number of hydrogen-bond donors (Lipinski definition) is 0. The number of hydrogen-bond acceptors (Lipinski definition) is 3. The fraction of sp³-hybridized carbons (Fsp3) is 0.184. The monoisotopic (exact) mass is 1310 g/mol. The highest BCUT2D eigenvalue weighted by Gasteiger charge is 2.50. The average molecular weight is 1310 g/mol. The summed E-state index contributed by atoms with van der Waals surface area (Å²) in [6.45, 7) is 0. The number of furan rings is 1. The molecule has 4 saturated carbocycles. The molecule has 102 heavy (non-hydrogen) atoms. The molecule has 490 valence electrons. The average Bonchev–Trinajstić information content (AvgIpc) is 1.46. The molecule has 0 amide bonds. The highest BCUT2D eigenvalue weighted by Crippen LogP contribution is 2.63. The molecule has 0 N–H and O–H groups in total. The molecule has 2 heterocycles. The van der Waals surface area contributed by atoms with E-state index in [1.165, 1.54) is 184 Å². The Morgan fingerprint density at radius 3 is 1.49 bits per heavy atom. The Kier molecular flexibility index (Phi) is 13.2. The predicted molar refractivity (Wildman–Crippen MR) is 424 cm³/mol. The third-order valence-electron chi connectivity index (χ3n) is 25.7. The Morgan fingerprint density at radius 1 is 0.294 bits per heavy atom. The van der Waals surface area contributed by atoms with Crippen LogP contribution in [0.3, 0.4) is 0 Å². The summed E-state index contributed by atoms with van der Waals surface area (Å²) in [5.74, 6) is 4.10. The van der Waals surface area contributed by atoms with Crippen molar-refractivity contribution in [2.75, 3.05) is 9.80 Å². The molecule has 16 aromatic rings. The lowest BCUT2D eigenvalue weighted by Crippen LogP contribution is -2.42. The van der Waals surface area contributed by atoms with Gasteiger partial charge in [0.25, 0.3) is 0 Å². The molecule has 6 unspecified atom stereocenters. The molecular weight excluding hydrogens is 1240 g/mol. The first-order valence-electron chi connectivity index (χ1n) is 37.6. The molecule has 6 atom stereocenters. The Hall–Kier alpha value is -11.2. The topological polar surface area (TPSA) is 24.6 Å². The Labute approximate surface area is 595 Å². The van der Waals surface area contributed by atoms with Crippen molar-refractivity contribution in [3.05, 3.63) is 331 Å². The molecule has 0 aliphatic heterocycles. The normalized spacial score (nSPS) is 21.5. The van der Waals surface area contributed by atoms with E-state index >= 15 is 0 Å². The smallest absolute Gasteiger partial charge is 0.135 e. The second kappa shape index (κ2) is 22.9. The molecule has 4 nitrogen and oxygen atoms in total. The number of para-hydroxylation sites is 2. The lowest BCUT2D eigenvalue weighted by molar-refractivity contribution is 0.116. The highest BCUT2D eigenvalue weighted by molar-refractivity contribution is 6.11. The van der Waals surface area contributed by atoms with Crippen LogP contribution in [0.5, 0.6) is 0 Å². The van der Waals surface area contributed by atoms with Gasteiger partial charge in [-0.2, -0.15) is 0 Å². The van der Waals surface area contributed by atoms with Gasteiger partial charge in [-0.1, -0.05) is 206 Å². The number of aromatic nitrogens is 1. The van der Waals surface area contributed by atoms with E-state index in [9.17, 15) is 0 Å². The maximum Gasteiger partial charge on any atom is 0.135 e. The van der Waals surface area contributed by atoms with E-state index in [4.69, 9.17) is 4.42 Å². The first-order valence-corrected chi connectivity index (χ1v) is 37.6. The fourth-order valence-corrected chi connectivity index (χ4v) is 21.6. The van der Waals surface area contributed by atoms with Crippen molar-refractivity contribution in [3.8, 4) is 39.1 Å². The van der Waals surface area contributed by atoms with E-state index in [1.807, 2.05) is 6.07 Å². The van der Waals surface area contributed by atoms with Gasteiger partial charge in [0.15, 0.2) is 0 Å². The van der Waals surface area contributed by atoms with Crippen molar-refractivity contribution < 1.29 is 4.42 Å². The molecular formula is C98H77N3O. The van der Waals surface area contributed by atoms with E-state index in [2.05, 4.69) is 312 Å². The third-order valence-corrected chi connectivity index (χ3v) is 25.7. The number of anilines is 6. The number of rotatable bonds is 9. The summed E-state index contributed by atoms with van der Waals surface area (Å²) in [6.07, 6.45) is 12.4. The second-order valence-electron chi connectivity index (χ2n) is 31.3. The van der Waals surface area contributed by atoms with Crippen molar-refractivity contribution in [2.45, 2.75) is 93.3 Å². The molecule has 8 aliphatic rings. The van der Waals surface area contributed by atoms with Crippen molar-refractivity contribution in [3.63, 3.8) is 0 Å². The maximum atomic E-state index is 6.28. The largest absolute Gasteiger partial charge is 0.456 e. The molecule has 8 aliphatic carbocycles.